The first kappa shape index (κ1) is 12.6. The zero-order chi connectivity index (χ0) is 13.0. The van der Waals surface area contributed by atoms with E-state index in [2.05, 4.69) is 10.6 Å². The van der Waals surface area contributed by atoms with Crippen LogP contribution in [0.25, 0.3) is 0 Å². The van der Waals surface area contributed by atoms with Gasteiger partial charge in [-0.25, -0.2) is 0 Å². The van der Waals surface area contributed by atoms with Crippen molar-refractivity contribution in [2.24, 2.45) is 0 Å². The summed E-state index contributed by atoms with van der Waals surface area (Å²) in [5.74, 6) is -0.329. The average Bonchev–Trinajstić information content (AvgIpc) is 2.92. The third-order valence-corrected chi connectivity index (χ3v) is 2.84. The molecule has 2 rings (SSSR count). The first-order valence-corrected chi connectivity index (χ1v) is 5.95. The van der Waals surface area contributed by atoms with E-state index < -0.39 is 0 Å². The number of ether oxygens (including phenoxy) is 1. The molecule has 5 nitrogen and oxygen atoms in total. The van der Waals surface area contributed by atoms with E-state index in [-0.39, 0.29) is 17.9 Å². The lowest BCUT2D eigenvalue weighted by Crippen LogP contribution is -2.27. The van der Waals surface area contributed by atoms with Crippen LogP contribution in [0.15, 0.2) is 24.3 Å². The molecule has 1 aliphatic heterocycles. The van der Waals surface area contributed by atoms with Gasteiger partial charge in [0, 0.05) is 24.9 Å². The van der Waals surface area contributed by atoms with E-state index in [4.69, 9.17) is 4.74 Å². The van der Waals surface area contributed by atoms with Gasteiger partial charge in [0.1, 0.15) is 6.10 Å². The minimum atomic E-state index is -0.367. The Morgan fingerprint density at radius 2 is 2.22 bits per heavy atom. The Kier molecular flexibility index (Phi) is 3.94. The Bertz CT molecular complexity index is 453. The fourth-order valence-corrected chi connectivity index (χ4v) is 1.89. The first-order valence-electron chi connectivity index (χ1n) is 5.95. The molecule has 2 N–H and O–H groups in total. The summed E-state index contributed by atoms with van der Waals surface area (Å²) in [5.41, 5.74) is 1.12. The van der Waals surface area contributed by atoms with Gasteiger partial charge in [0.25, 0.3) is 11.8 Å². The lowest BCUT2D eigenvalue weighted by atomic mass is 10.1. The van der Waals surface area contributed by atoms with Crippen LogP contribution in [-0.4, -0.2) is 31.6 Å². The van der Waals surface area contributed by atoms with Crippen LogP contribution in [0.5, 0.6) is 0 Å². The molecule has 0 unspecified atom stereocenters. The minimum Gasteiger partial charge on any atom is -0.368 e. The van der Waals surface area contributed by atoms with Crippen molar-refractivity contribution in [3.63, 3.8) is 0 Å². The highest BCUT2D eigenvalue weighted by atomic mass is 16.5. The van der Waals surface area contributed by atoms with Gasteiger partial charge in [-0.05, 0) is 31.0 Å². The van der Waals surface area contributed by atoms with E-state index in [9.17, 15) is 9.59 Å². The zero-order valence-electron chi connectivity index (χ0n) is 10.2. The lowest BCUT2D eigenvalue weighted by Gasteiger charge is -2.11. The molecule has 1 aromatic rings. The fourth-order valence-electron chi connectivity index (χ4n) is 1.89. The molecule has 0 spiro atoms. The van der Waals surface area contributed by atoms with E-state index in [1.165, 1.54) is 0 Å². The summed E-state index contributed by atoms with van der Waals surface area (Å²) >= 11 is 0. The van der Waals surface area contributed by atoms with Gasteiger partial charge >= 0.3 is 0 Å². The summed E-state index contributed by atoms with van der Waals surface area (Å²) in [6, 6.07) is 6.82. The quantitative estimate of drug-likeness (QED) is 0.843. The number of hydrogen-bond donors (Lipinski definition) is 2. The van der Waals surface area contributed by atoms with E-state index in [0.29, 0.717) is 17.9 Å². The van der Waals surface area contributed by atoms with Crippen molar-refractivity contribution in [1.29, 1.82) is 0 Å². The maximum absolute atomic E-state index is 11.8. The number of carbonyl (C=O) groups excluding carboxylic acids is 2. The van der Waals surface area contributed by atoms with Crippen molar-refractivity contribution in [2.75, 3.05) is 19.0 Å². The minimum absolute atomic E-state index is 0.151. The number of anilines is 1. The number of benzene rings is 1. The predicted octanol–water partition coefficient (Wildman–Crippen LogP) is 1.16. The smallest absolute Gasteiger partial charge is 0.253 e. The lowest BCUT2D eigenvalue weighted by molar-refractivity contribution is -0.124. The van der Waals surface area contributed by atoms with E-state index in [0.717, 1.165) is 12.8 Å². The van der Waals surface area contributed by atoms with Crippen molar-refractivity contribution in [3.05, 3.63) is 29.8 Å². The number of nitrogens with one attached hydrogen (secondary N) is 2. The van der Waals surface area contributed by atoms with Gasteiger partial charge in [-0.15, -0.1) is 0 Å². The van der Waals surface area contributed by atoms with Gasteiger partial charge in [0.15, 0.2) is 0 Å². The molecule has 0 bridgehead atoms. The van der Waals surface area contributed by atoms with Crippen LogP contribution in [0.4, 0.5) is 5.69 Å². The van der Waals surface area contributed by atoms with Crippen LogP contribution in [0, 0.1) is 0 Å². The van der Waals surface area contributed by atoms with Gasteiger partial charge in [-0.3, -0.25) is 9.59 Å². The van der Waals surface area contributed by atoms with E-state index >= 15 is 0 Å². The molecule has 1 atom stereocenters. The van der Waals surface area contributed by atoms with Crippen LogP contribution < -0.4 is 10.6 Å². The largest absolute Gasteiger partial charge is 0.368 e. The van der Waals surface area contributed by atoms with Gasteiger partial charge in [-0.2, -0.15) is 0 Å². The third-order valence-electron chi connectivity index (χ3n) is 2.84. The molecule has 1 saturated heterocycles. The third kappa shape index (κ3) is 2.87. The van der Waals surface area contributed by atoms with Crippen molar-refractivity contribution in [2.45, 2.75) is 18.9 Å². The molecule has 1 aliphatic rings. The number of rotatable bonds is 3. The Balaban J connectivity index is 2.04. The monoisotopic (exact) mass is 248 g/mol. The average molecular weight is 248 g/mol. The van der Waals surface area contributed by atoms with Crippen LogP contribution >= 0.6 is 0 Å². The van der Waals surface area contributed by atoms with Crippen LogP contribution in [-0.2, 0) is 9.53 Å². The predicted molar refractivity (Wildman–Crippen MR) is 67.4 cm³/mol. The molecule has 0 radical (unpaired) electrons. The highest BCUT2D eigenvalue weighted by molar-refractivity contribution is 5.98. The molecule has 1 heterocycles. The molecule has 1 aromatic carbocycles. The highest BCUT2D eigenvalue weighted by Gasteiger charge is 2.23. The summed E-state index contributed by atoms with van der Waals surface area (Å²) in [6.45, 7) is 0.635. The second-order valence-electron chi connectivity index (χ2n) is 4.15. The maximum atomic E-state index is 11.8. The van der Waals surface area contributed by atoms with E-state index in [1.807, 2.05) is 0 Å². The molecule has 0 saturated carbocycles. The van der Waals surface area contributed by atoms with Gasteiger partial charge in [0.05, 0.1) is 0 Å². The standard InChI is InChI=1S/C13H16N2O3/c1-14-12(16)9-4-2-5-10(8-9)15-13(17)11-6-3-7-18-11/h2,4-5,8,11H,3,6-7H2,1H3,(H,14,16)(H,15,17)/t11-/m0/s1. The van der Waals surface area contributed by atoms with Gasteiger partial charge in [0.2, 0.25) is 0 Å². The van der Waals surface area contributed by atoms with Crippen LogP contribution in [0.2, 0.25) is 0 Å². The molecule has 2 amide bonds. The van der Waals surface area contributed by atoms with Crippen molar-refractivity contribution >= 4 is 17.5 Å². The molecular formula is C13H16N2O3. The summed E-state index contributed by atoms with van der Waals surface area (Å²) in [4.78, 5) is 23.3. The molecule has 5 heteroatoms. The van der Waals surface area contributed by atoms with Crippen molar-refractivity contribution < 1.29 is 14.3 Å². The first-order chi connectivity index (χ1) is 8.70. The maximum Gasteiger partial charge on any atom is 0.253 e. The second kappa shape index (κ2) is 5.64. The number of hydrogen-bond acceptors (Lipinski definition) is 3. The van der Waals surface area contributed by atoms with Crippen LogP contribution in [0.3, 0.4) is 0 Å². The Hall–Kier alpha value is -1.88. The Morgan fingerprint density at radius 1 is 1.39 bits per heavy atom. The topological polar surface area (TPSA) is 67.4 Å². The van der Waals surface area contributed by atoms with Gasteiger partial charge in [-0.1, -0.05) is 6.07 Å². The van der Waals surface area contributed by atoms with E-state index in [1.54, 1.807) is 31.3 Å². The summed E-state index contributed by atoms with van der Waals surface area (Å²) in [5, 5.41) is 5.30. The molecule has 18 heavy (non-hydrogen) atoms. The van der Waals surface area contributed by atoms with Gasteiger partial charge < -0.3 is 15.4 Å². The second-order valence-corrected chi connectivity index (χ2v) is 4.15. The fraction of sp³-hybridized carbons (Fsp3) is 0.385. The Morgan fingerprint density at radius 3 is 2.89 bits per heavy atom. The zero-order valence-corrected chi connectivity index (χ0v) is 10.2. The van der Waals surface area contributed by atoms with Crippen molar-refractivity contribution in [1.82, 2.24) is 5.32 Å². The Labute approximate surface area is 106 Å². The highest BCUT2D eigenvalue weighted by Crippen LogP contribution is 2.16. The molecule has 1 fully saturated rings. The molecule has 0 aromatic heterocycles. The molecule has 0 aliphatic carbocycles. The normalized spacial score (nSPS) is 18.4. The SMILES string of the molecule is CNC(=O)c1cccc(NC(=O)[C@@H]2CCCO2)c1. The van der Waals surface area contributed by atoms with Crippen LogP contribution in [0.1, 0.15) is 23.2 Å². The summed E-state index contributed by atoms with van der Waals surface area (Å²) in [6.07, 6.45) is 1.30. The molecular weight excluding hydrogens is 232 g/mol. The molecule has 96 valence electrons. The number of amides is 2. The number of carbonyl (C=O) groups is 2. The summed E-state index contributed by atoms with van der Waals surface area (Å²) in [7, 11) is 1.57. The summed E-state index contributed by atoms with van der Waals surface area (Å²) < 4.78 is 5.29. The van der Waals surface area contributed by atoms with Crippen molar-refractivity contribution in [3.8, 4) is 0 Å².